The van der Waals surface area contributed by atoms with Crippen LogP contribution < -0.4 is 10.1 Å². The fraction of sp³-hybridized carbons (Fsp3) is 0.273. The maximum atomic E-state index is 13.7. The molecule has 80 valence electrons. The maximum Gasteiger partial charge on any atom is 0.188 e. The Morgan fingerprint density at radius 1 is 1.47 bits per heavy atom. The molecule has 1 unspecified atom stereocenters. The van der Waals surface area contributed by atoms with Crippen molar-refractivity contribution in [3.8, 4) is 5.75 Å². The molecular formula is C11H12FNO2. The Bertz CT molecular complexity index is 429. The van der Waals surface area contributed by atoms with Gasteiger partial charge >= 0.3 is 0 Å². The highest BCUT2D eigenvalue weighted by molar-refractivity contribution is 5.74. The van der Waals surface area contributed by atoms with E-state index in [4.69, 9.17) is 4.74 Å². The highest BCUT2D eigenvalue weighted by Gasteiger charge is 2.20. The molecular weight excluding hydrogens is 197 g/mol. The number of anilines is 1. The van der Waals surface area contributed by atoms with Crippen LogP contribution in [0, 0.1) is 5.82 Å². The number of fused-ring (bicyclic) bond motifs is 1. The van der Waals surface area contributed by atoms with Crippen LogP contribution in [0.5, 0.6) is 5.75 Å². The zero-order valence-electron chi connectivity index (χ0n) is 8.54. The largest absolute Gasteiger partial charge is 0.494 e. The lowest BCUT2D eigenvalue weighted by Gasteiger charge is -2.23. The van der Waals surface area contributed by atoms with E-state index in [9.17, 15) is 9.50 Å². The Morgan fingerprint density at radius 2 is 2.20 bits per heavy atom. The molecule has 1 heterocycles. The summed E-state index contributed by atoms with van der Waals surface area (Å²) in [7, 11) is 1.41. The first-order valence-electron chi connectivity index (χ1n) is 4.62. The summed E-state index contributed by atoms with van der Waals surface area (Å²) in [4.78, 5) is 0. The average Bonchev–Trinajstić information content (AvgIpc) is 2.22. The third kappa shape index (κ3) is 1.57. The molecule has 3 nitrogen and oxygen atoms in total. The number of aliphatic hydroxyl groups is 1. The van der Waals surface area contributed by atoms with Gasteiger partial charge in [-0.15, -0.1) is 0 Å². The number of methoxy groups -OCH3 is 1. The molecule has 0 aliphatic carbocycles. The molecule has 0 aromatic heterocycles. The third-order valence-corrected chi connectivity index (χ3v) is 2.45. The molecule has 0 bridgehead atoms. The van der Waals surface area contributed by atoms with Crippen molar-refractivity contribution in [3.05, 3.63) is 29.1 Å². The summed E-state index contributed by atoms with van der Waals surface area (Å²) < 4.78 is 18.6. The number of hydrogen-bond acceptors (Lipinski definition) is 3. The lowest BCUT2D eigenvalue weighted by molar-refractivity contribution is 0.239. The van der Waals surface area contributed by atoms with Crippen LogP contribution in [0.3, 0.4) is 0 Å². The van der Waals surface area contributed by atoms with Gasteiger partial charge in [0.25, 0.3) is 0 Å². The Hall–Kier alpha value is -1.55. The van der Waals surface area contributed by atoms with Crippen molar-refractivity contribution < 1.29 is 14.2 Å². The number of aliphatic hydroxyl groups excluding tert-OH is 1. The third-order valence-electron chi connectivity index (χ3n) is 2.45. The van der Waals surface area contributed by atoms with Crippen LogP contribution in [0.15, 0.2) is 17.7 Å². The van der Waals surface area contributed by atoms with Crippen LogP contribution in [0.4, 0.5) is 10.1 Å². The van der Waals surface area contributed by atoms with E-state index in [2.05, 4.69) is 5.32 Å². The number of nitrogens with one attached hydrogen (secondary N) is 1. The van der Waals surface area contributed by atoms with E-state index in [1.807, 2.05) is 0 Å². The Balaban J connectivity index is 2.55. The second kappa shape index (κ2) is 3.55. The van der Waals surface area contributed by atoms with Crippen LogP contribution >= 0.6 is 0 Å². The average molecular weight is 209 g/mol. The van der Waals surface area contributed by atoms with Crippen molar-refractivity contribution in [1.82, 2.24) is 0 Å². The van der Waals surface area contributed by atoms with Gasteiger partial charge in [-0.2, -0.15) is 0 Å². The fourth-order valence-electron chi connectivity index (χ4n) is 1.57. The van der Waals surface area contributed by atoms with Crippen molar-refractivity contribution in [2.24, 2.45) is 0 Å². The van der Waals surface area contributed by atoms with Gasteiger partial charge in [0.2, 0.25) is 0 Å². The Labute approximate surface area is 87.2 Å². The van der Waals surface area contributed by atoms with Gasteiger partial charge in [-0.25, -0.2) is 4.39 Å². The molecule has 4 heteroatoms. The number of benzene rings is 1. The summed E-state index contributed by atoms with van der Waals surface area (Å²) in [6.07, 6.45) is 0.915. The smallest absolute Gasteiger partial charge is 0.188 e. The zero-order valence-corrected chi connectivity index (χ0v) is 8.54. The molecule has 15 heavy (non-hydrogen) atoms. The summed E-state index contributed by atoms with van der Waals surface area (Å²) in [5.41, 5.74) is 1.76. The molecule has 1 aliphatic rings. The van der Waals surface area contributed by atoms with Crippen molar-refractivity contribution >= 4 is 11.8 Å². The van der Waals surface area contributed by atoms with E-state index in [1.165, 1.54) is 7.11 Å². The number of ether oxygens (including phenoxy) is 1. The molecule has 1 aliphatic heterocycles. The first-order chi connectivity index (χ1) is 7.13. The van der Waals surface area contributed by atoms with Gasteiger partial charge in [-0.05, 0) is 30.7 Å². The highest BCUT2D eigenvalue weighted by atomic mass is 19.1. The maximum absolute atomic E-state index is 13.7. The molecule has 1 aromatic carbocycles. The molecule has 2 rings (SSSR count). The predicted octanol–water partition coefficient (Wildman–Crippen LogP) is 1.98. The van der Waals surface area contributed by atoms with Gasteiger partial charge in [-0.3, -0.25) is 0 Å². The summed E-state index contributed by atoms with van der Waals surface area (Å²) in [6, 6.07) is 3.32. The summed E-state index contributed by atoms with van der Waals surface area (Å²) >= 11 is 0. The van der Waals surface area contributed by atoms with Crippen LogP contribution in [0.25, 0.3) is 6.08 Å². The van der Waals surface area contributed by atoms with Crippen molar-refractivity contribution in [3.63, 3.8) is 0 Å². The Morgan fingerprint density at radius 3 is 2.87 bits per heavy atom. The van der Waals surface area contributed by atoms with E-state index in [-0.39, 0.29) is 11.4 Å². The van der Waals surface area contributed by atoms with Crippen molar-refractivity contribution in [1.29, 1.82) is 0 Å². The fourth-order valence-corrected chi connectivity index (χ4v) is 1.57. The molecule has 1 atom stereocenters. The molecule has 0 amide bonds. The topological polar surface area (TPSA) is 41.5 Å². The van der Waals surface area contributed by atoms with E-state index in [0.29, 0.717) is 0 Å². The second-order valence-corrected chi connectivity index (χ2v) is 3.48. The molecule has 0 saturated carbocycles. The van der Waals surface area contributed by atoms with E-state index in [1.54, 1.807) is 25.1 Å². The summed E-state index contributed by atoms with van der Waals surface area (Å²) in [6.45, 7) is 1.78. The zero-order chi connectivity index (χ0) is 11.0. The second-order valence-electron chi connectivity index (χ2n) is 3.48. The summed E-state index contributed by atoms with van der Waals surface area (Å²) in [5.74, 6) is -0.306. The number of halogens is 1. The number of rotatable bonds is 1. The number of hydrogen-bond donors (Lipinski definition) is 2. The van der Waals surface area contributed by atoms with Gasteiger partial charge in [0.1, 0.15) is 6.23 Å². The Kier molecular flexibility index (Phi) is 2.36. The predicted molar refractivity (Wildman–Crippen MR) is 56.2 cm³/mol. The SMILES string of the molecule is COc1ccc2c(c1F)NC(O)C(C)=C2. The van der Waals surface area contributed by atoms with Crippen LogP contribution in [0.2, 0.25) is 0 Å². The van der Waals surface area contributed by atoms with E-state index in [0.717, 1.165) is 11.1 Å². The van der Waals surface area contributed by atoms with Crippen LogP contribution in [0.1, 0.15) is 12.5 Å². The standard InChI is InChI=1S/C11H12FNO2/c1-6-5-7-3-4-8(15-2)9(12)10(7)13-11(6)14/h3-5,11,13-14H,1-2H3. The van der Waals surface area contributed by atoms with Crippen LogP contribution in [-0.2, 0) is 0 Å². The molecule has 0 radical (unpaired) electrons. The minimum absolute atomic E-state index is 0.168. The van der Waals surface area contributed by atoms with Crippen LogP contribution in [-0.4, -0.2) is 18.4 Å². The molecule has 2 N–H and O–H groups in total. The van der Waals surface area contributed by atoms with Crippen molar-refractivity contribution in [2.45, 2.75) is 13.2 Å². The minimum Gasteiger partial charge on any atom is -0.494 e. The first-order valence-corrected chi connectivity index (χ1v) is 4.62. The van der Waals surface area contributed by atoms with Crippen molar-refractivity contribution in [2.75, 3.05) is 12.4 Å². The van der Waals surface area contributed by atoms with E-state index < -0.39 is 12.0 Å². The highest BCUT2D eigenvalue weighted by Crippen LogP contribution is 2.33. The molecule has 0 saturated heterocycles. The van der Waals surface area contributed by atoms with Gasteiger partial charge in [0.05, 0.1) is 12.8 Å². The minimum atomic E-state index is -0.834. The lowest BCUT2D eigenvalue weighted by Crippen LogP contribution is -2.24. The monoisotopic (exact) mass is 209 g/mol. The normalized spacial score (nSPS) is 18.9. The van der Waals surface area contributed by atoms with Gasteiger partial charge in [0.15, 0.2) is 11.6 Å². The molecule has 0 spiro atoms. The van der Waals surface area contributed by atoms with Gasteiger partial charge < -0.3 is 15.2 Å². The molecule has 1 aromatic rings. The van der Waals surface area contributed by atoms with E-state index >= 15 is 0 Å². The quantitative estimate of drug-likeness (QED) is 0.743. The van der Waals surface area contributed by atoms with Gasteiger partial charge in [-0.1, -0.05) is 0 Å². The first kappa shape index (κ1) is 9.98. The summed E-state index contributed by atoms with van der Waals surface area (Å²) in [5, 5.41) is 12.2. The lowest BCUT2D eigenvalue weighted by atomic mass is 10.0. The van der Waals surface area contributed by atoms with Gasteiger partial charge in [0, 0.05) is 5.56 Å². The molecule has 0 fully saturated rings.